The van der Waals surface area contributed by atoms with Crippen molar-refractivity contribution >= 4 is 21.9 Å². The van der Waals surface area contributed by atoms with Gasteiger partial charge in [0.05, 0.1) is 13.5 Å². The van der Waals surface area contributed by atoms with Crippen LogP contribution in [0.25, 0.3) is 0 Å². The molecule has 4 heteroatoms. The number of carboxylic acids is 1. The molecule has 0 atom stereocenters. The van der Waals surface area contributed by atoms with Gasteiger partial charge in [-0.2, -0.15) is 0 Å². The van der Waals surface area contributed by atoms with Crippen molar-refractivity contribution < 1.29 is 14.6 Å². The highest BCUT2D eigenvalue weighted by atomic mass is 79.9. The molecule has 1 N–H and O–H groups in total. The molecule has 0 saturated carbocycles. The third-order valence-corrected chi connectivity index (χ3v) is 3.08. The van der Waals surface area contributed by atoms with Crippen LogP contribution in [-0.4, -0.2) is 18.2 Å². The van der Waals surface area contributed by atoms with Crippen molar-refractivity contribution in [3.63, 3.8) is 0 Å². The Kier molecular flexibility index (Phi) is 3.52. The van der Waals surface area contributed by atoms with Gasteiger partial charge in [-0.15, -0.1) is 0 Å². The summed E-state index contributed by atoms with van der Waals surface area (Å²) in [5, 5.41) is 8.66. The summed E-state index contributed by atoms with van der Waals surface area (Å²) in [6, 6.07) is 3.53. The Morgan fingerprint density at radius 3 is 2.71 bits per heavy atom. The Morgan fingerprint density at radius 1 is 1.57 bits per heavy atom. The molecule has 0 aromatic heterocycles. The van der Waals surface area contributed by atoms with Crippen LogP contribution in [0.1, 0.15) is 11.1 Å². The lowest BCUT2D eigenvalue weighted by atomic mass is 10.1. The van der Waals surface area contributed by atoms with Crippen molar-refractivity contribution in [1.82, 2.24) is 0 Å². The van der Waals surface area contributed by atoms with Crippen LogP contribution in [0.2, 0.25) is 0 Å². The zero-order chi connectivity index (χ0) is 10.7. The number of carbonyl (C=O) groups is 1. The maximum atomic E-state index is 10.5. The van der Waals surface area contributed by atoms with E-state index in [1.54, 1.807) is 19.2 Å². The molecule has 3 nitrogen and oxygen atoms in total. The van der Waals surface area contributed by atoms with Gasteiger partial charge in [-0.25, -0.2) is 0 Å². The molecule has 1 aromatic carbocycles. The summed E-state index contributed by atoms with van der Waals surface area (Å²) in [4.78, 5) is 10.5. The average molecular weight is 259 g/mol. The first-order valence-electron chi connectivity index (χ1n) is 4.10. The highest BCUT2D eigenvalue weighted by molar-refractivity contribution is 9.10. The van der Waals surface area contributed by atoms with E-state index in [9.17, 15) is 4.79 Å². The van der Waals surface area contributed by atoms with Crippen LogP contribution in [0.15, 0.2) is 16.6 Å². The van der Waals surface area contributed by atoms with Crippen molar-refractivity contribution in [2.24, 2.45) is 0 Å². The van der Waals surface area contributed by atoms with Crippen molar-refractivity contribution in [1.29, 1.82) is 0 Å². The zero-order valence-corrected chi connectivity index (χ0v) is 9.59. The van der Waals surface area contributed by atoms with E-state index < -0.39 is 5.97 Å². The van der Waals surface area contributed by atoms with Gasteiger partial charge in [0.15, 0.2) is 0 Å². The third kappa shape index (κ3) is 2.26. The zero-order valence-electron chi connectivity index (χ0n) is 8.00. The summed E-state index contributed by atoms with van der Waals surface area (Å²) in [6.45, 7) is 1.88. The first-order valence-corrected chi connectivity index (χ1v) is 4.89. The second-order valence-electron chi connectivity index (χ2n) is 2.94. The smallest absolute Gasteiger partial charge is 0.307 e. The second kappa shape index (κ2) is 4.46. The van der Waals surface area contributed by atoms with Crippen molar-refractivity contribution in [3.05, 3.63) is 27.7 Å². The highest BCUT2D eigenvalue weighted by Gasteiger charge is 2.10. The van der Waals surface area contributed by atoms with Gasteiger partial charge >= 0.3 is 5.97 Å². The number of ether oxygens (including phenoxy) is 1. The number of aliphatic carboxylic acids is 1. The van der Waals surface area contributed by atoms with E-state index in [-0.39, 0.29) is 6.42 Å². The Labute approximate surface area is 90.8 Å². The number of rotatable bonds is 3. The maximum Gasteiger partial charge on any atom is 0.307 e. The van der Waals surface area contributed by atoms with Gasteiger partial charge < -0.3 is 9.84 Å². The van der Waals surface area contributed by atoms with Crippen LogP contribution in [-0.2, 0) is 11.2 Å². The molecule has 0 spiro atoms. The minimum Gasteiger partial charge on any atom is -0.496 e. The van der Waals surface area contributed by atoms with E-state index >= 15 is 0 Å². The van der Waals surface area contributed by atoms with E-state index in [1.165, 1.54) is 0 Å². The van der Waals surface area contributed by atoms with Crippen molar-refractivity contribution in [2.75, 3.05) is 7.11 Å². The Hall–Kier alpha value is -1.03. The lowest BCUT2D eigenvalue weighted by Crippen LogP contribution is -2.02. The van der Waals surface area contributed by atoms with Gasteiger partial charge in [0.2, 0.25) is 0 Å². The van der Waals surface area contributed by atoms with Crippen LogP contribution in [0.3, 0.4) is 0 Å². The van der Waals surface area contributed by atoms with E-state index in [0.29, 0.717) is 0 Å². The minimum atomic E-state index is -0.838. The largest absolute Gasteiger partial charge is 0.496 e. The number of halogens is 1. The molecule has 14 heavy (non-hydrogen) atoms. The Morgan fingerprint density at radius 2 is 2.21 bits per heavy atom. The number of methoxy groups -OCH3 is 1. The van der Waals surface area contributed by atoms with Gasteiger partial charge in [-0.3, -0.25) is 4.79 Å². The van der Waals surface area contributed by atoms with E-state index in [2.05, 4.69) is 15.9 Å². The fourth-order valence-electron chi connectivity index (χ4n) is 1.24. The standard InChI is InChI=1S/C10H11BrO3/c1-6-8(14-2)4-3-7(10(6)11)5-9(12)13/h3-4H,5H2,1-2H3,(H,12,13). The van der Waals surface area contributed by atoms with Crippen molar-refractivity contribution in [3.8, 4) is 5.75 Å². The molecule has 0 aliphatic heterocycles. The summed E-state index contributed by atoms with van der Waals surface area (Å²) in [6.07, 6.45) is 0.0193. The average Bonchev–Trinajstić information content (AvgIpc) is 2.13. The van der Waals surface area contributed by atoms with Gasteiger partial charge in [0, 0.05) is 10.0 Å². The monoisotopic (exact) mass is 258 g/mol. The fraction of sp³-hybridized carbons (Fsp3) is 0.300. The first-order chi connectivity index (χ1) is 6.56. The number of carboxylic acid groups (broad SMARTS) is 1. The van der Waals surface area contributed by atoms with Crippen LogP contribution in [0.5, 0.6) is 5.75 Å². The molecule has 0 amide bonds. The molecule has 0 aliphatic rings. The molecule has 0 radical (unpaired) electrons. The van der Waals surface area contributed by atoms with E-state index in [4.69, 9.17) is 9.84 Å². The topological polar surface area (TPSA) is 46.5 Å². The van der Waals surface area contributed by atoms with Gasteiger partial charge in [-0.05, 0) is 18.6 Å². The lowest BCUT2D eigenvalue weighted by molar-refractivity contribution is -0.136. The highest BCUT2D eigenvalue weighted by Crippen LogP contribution is 2.29. The number of hydrogen-bond donors (Lipinski definition) is 1. The molecular formula is C10H11BrO3. The van der Waals surface area contributed by atoms with Crippen LogP contribution >= 0.6 is 15.9 Å². The molecule has 0 aliphatic carbocycles. The molecule has 76 valence electrons. The third-order valence-electron chi connectivity index (χ3n) is 1.98. The summed E-state index contributed by atoms with van der Waals surface area (Å²) >= 11 is 3.36. The Balaban J connectivity index is 3.10. The molecular weight excluding hydrogens is 248 g/mol. The fourth-order valence-corrected chi connectivity index (χ4v) is 1.71. The summed E-state index contributed by atoms with van der Waals surface area (Å²) < 4.78 is 5.91. The van der Waals surface area contributed by atoms with Crippen LogP contribution < -0.4 is 4.74 Å². The normalized spacial score (nSPS) is 9.93. The van der Waals surface area contributed by atoms with Crippen LogP contribution in [0, 0.1) is 6.92 Å². The van der Waals surface area contributed by atoms with E-state index in [1.807, 2.05) is 6.92 Å². The van der Waals surface area contributed by atoms with Gasteiger partial charge in [-0.1, -0.05) is 22.0 Å². The lowest BCUT2D eigenvalue weighted by Gasteiger charge is -2.09. The molecule has 0 saturated heterocycles. The second-order valence-corrected chi connectivity index (χ2v) is 3.73. The number of hydrogen-bond acceptors (Lipinski definition) is 2. The summed E-state index contributed by atoms with van der Waals surface area (Å²) in [5.41, 5.74) is 1.68. The van der Waals surface area contributed by atoms with Crippen molar-refractivity contribution in [2.45, 2.75) is 13.3 Å². The predicted molar refractivity (Wildman–Crippen MR) is 56.8 cm³/mol. The summed E-state index contributed by atoms with van der Waals surface area (Å²) in [7, 11) is 1.59. The summed E-state index contributed by atoms with van der Waals surface area (Å²) in [5.74, 6) is -0.0821. The quantitative estimate of drug-likeness (QED) is 0.906. The molecule has 0 bridgehead atoms. The minimum absolute atomic E-state index is 0.0193. The molecule has 0 heterocycles. The van der Waals surface area contributed by atoms with E-state index in [0.717, 1.165) is 21.3 Å². The molecule has 1 rings (SSSR count). The maximum absolute atomic E-state index is 10.5. The molecule has 0 unspecified atom stereocenters. The molecule has 1 aromatic rings. The van der Waals surface area contributed by atoms with Gasteiger partial charge in [0.1, 0.15) is 5.75 Å². The predicted octanol–water partition coefficient (Wildman–Crippen LogP) is 2.39. The number of benzene rings is 1. The van der Waals surface area contributed by atoms with Crippen LogP contribution in [0.4, 0.5) is 0 Å². The SMILES string of the molecule is COc1ccc(CC(=O)O)c(Br)c1C. The Bertz CT molecular complexity index is 361. The molecule has 0 fully saturated rings. The van der Waals surface area contributed by atoms with Gasteiger partial charge in [0.25, 0.3) is 0 Å². The first kappa shape index (κ1) is 11.0.